The second kappa shape index (κ2) is 8.48. The molecule has 0 unspecified atom stereocenters. The summed E-state index contributed by atoms with van der Waals surface area (Å²) >= 11 is 2.28. The number of rotatable bonds is 5. The molecular formula is C19H16F4N2OS2. The van der Waals surface area contributed by atoms with Gasteiger partial charge in [0, 0.05) is 23.4 Å². The second-order valence-corrected chi connectivity index (χ2v) is 7.90. The molecule has 1 aliphatic heterocycles. The number of ether oxygens (including phenoxy) is 1. The van der Waals surface area contributed by atoms with Crippen LogP contribution in [0, 0.1) is 11.2 Å². The Morgan fingerprint density at radius 1 is 1.25 bits per heavy atom. The van der Waals surface area contributed by atoms with Crippen LogP contribution in [0.4, 0.5) is 23.2 Å². The molecule has 148 valence electrons. The third-order valence-corrected chi connectivity index (χ3v) is 6.29. The molecule has 1 aliphatic rings. The van der Waals surface area contributed by atoms with Gasteiger partial charge >= 0.3 is 6.18 Å². The molecule has 2 aromatic carbocycles. The van der Waals surface area contributed by atoms with Crippen molar-refractivity contribution in [2.24, 2.45) is 0 Å². The zero-order valence-electron chi connectivity index (χ0n) is 14.7. The Balaban J connectivity index is 2.00. The van der Waals surface area contributed by atoms with Crippen molar-refractivity contribution in [3.8, 4) is 5.75 Å². The molecule has 0 radical (unpaired) electrons. The second-order valence-electron chi connectivity index (χ2n) is 5.73. The minimum absolute atomic E-state index is 0.173. The number of anilines is 1. The number of benzene rings is 2. The molecule has 0 spiro atoms. The molecule has 3 rings (SSSR count). The van der Waals surface area contributed by atoms with Crippen molar-refractivity contribution in [2.75, 3.05) is 24.3 Å². The maximum absolute atomic E-state index is 14.2. The van der Waals surface area contributed by atoms with E-state index < -0.39 is 17.6 Å². The molecular weight excluding hydrogens is 412 g/mol. The van der Waals surface area contributed by atoms with Gasteiger partial charge in [-0.2, -0.15) is 13.2 Å². The number of nitrogens with zero attached hydrogens (tertiary/aromatic N) is 1. The molecule has 1 N–H and O–H groups in total. The number of para-hydroxylation sites is 2. The van der Waals surface area contributed by atoms with Crippen LogP contribution in [-0.2, 0) is 6.18 Å². The highest BCUT2D eigenvalue weighted by Gasteiger charge is 2.32. The summed E-state index contributed by atoms with van der Waals surface area (Å²) < 4.78 is 58.5. The Bertz CT molecular complexity index is 915. The van der Waals surface area contributed by atoms with Crippen molar-refractivity contribution < 1.29 is 22.3 Å². The van der Waals surface area contributed by atoms with Crippen LogP contribution in [0.1, 0.15) is 5.56 Å². The summed E-state index contributed by atoms with van der Waals surface area (Å²) in [5, 5.41) is 8.43. The van der Waals surface area contributed by atoms with Gasteiger partial charge in [-0.1, -0.05) is 23.9 Å². The molecule has 0 bridgehead atoms. The van der Waals surface area contributed by atoms with E-state index in [1.54, 1.807) is 13.2 Å². The van der Waals surface area contributed by atoms with E-state index >= 15 is 0 Å². The maximum atomic E-state index is 14.2. The third kappa shape index (κ3) is 4.30. The van der Waals surface area contributed by atoms with E-state index in [-0.39, 0.29) is 4.90 Å². The van der Waals surface area contributed by atoms with Gasteiger partial charge in [0.2, 0.25) is 0 Å². The number of allylic oxidation sites excluding steroid dienone is 1. The van der Waals surface area contributed by atoms with Gasteiger partial charge in [0.1, 0.15) is 11.6 Å². The lowest BCUT2D eigenvalue weighted by Gasteiger charge is -2.23. The van der Waals surface area contributed by atoms with Gasteiger partial charge in [0.05, 0.1) is 28.3 Å². The molecule has 3 nitrogen and oxygen atoms in total. The van der Waals surface area contributed by atoms with Crippen molar-refractivity contribution in [3.05, 3.63) is 63.8 Å². The largest absolute Gasteiger partial charge is 0.495 e. The topological polar surface area (TPSA) is 36.3 Å². The summed E-state index contributed by atoms with van der Waals surface area (Å²) in [7, 11) is 1.55. The summed E-state index contributed by atoms with van der Waals surface area (Å²) in [4.78, 5) is 2.13. The SMILES string of the molecule is COc1ccccc1N1CCSC1=C(C=N)Sc1cc(C(F)(F)F)ccc1F. The van der Waals surface area contributed by atoms with Crippen LogP contribution in [0.15, 0.2) is 57.3 Å². The Hall–Kier alpha value is -2.13. The van der Waals surface area contributed by atoms with Crippen molar-refractivity contribution in [3.63, 3.8) is 0 Å². The number of nitrogens with one attached hydrogen (secondary N) is 1. The standard InChI is InChI=1S/C19H16F4N2OS2/c1-26-15-5-3-2-4-14(15)25-8-9-27-18(25)17(11-24)28-16-10-12(19(21,22)23)6-7-13(16)20/h2-7,10-11,24H,8-9H2,1H3. The first-order valence-electron chi connectivity index (χ1n) is 8.18. The molecule has 0 aromatic heterocycles. The number of hydrogen-bond acceptors (Lipinski definition) is 5. The molecule has 1 saturated heterocycles. The lowest BCUT2D eigenvalue weighted by atomic mass is 10.2. The predicted octanol–water partition coefficient (Wildman–Crippen LogP) is 6.02. The average Bonchev–Trinajstić information content (AvgIpc) is 3.15. The summed E-state index contributed by atoms with van der Waals surface area (Å²) in [6.45, 7) is 0.642. The summed E-state index contributed by atoms with van der Waals surface area (Å²) in [6, 6.07) is 9.64. The fourth-order valence-electron chi connectivity index (χ4n) is 2.71. The van der Waals surface area contributed by atoms with E-state index in [9.17, 15) is 17.6 Å². The van der Waals surface area contributed by atoms with E-state index in [0.29, 0.717) is 28.3 Å². The van der Waals surface area contributed by atoms with Gasteiger partial charge in [0.25, 0.3) is 0 Å². The van der Waals surface area contributed by atoms with Crippen molar-refractivity contribution in [2.45, 2.75) is 11.1 Å². The van der Waals surface area contributed by atoms with Crippen LogP contribution in [0.25, 0.3) is 0 Å². The fourth-order valence-corrected chi connectivity index (χ4v) is 4.87. The van der Waals surface area contributed by atoms with Gasteiger partial charge in [-0.05, 0) is 30.3 Å². The smallest absolute Gasteiger partial charge is 0.416 e. The Labute approximate surface area is 168 Å². The molecule has 0 atom stereocenters. The van der Waals surface area contributed by atoms with Crippen LogP contribution in [-0.4, -0.2) is 25.6 Å². The first kappa shape index (κ1) is 20.6. The van der Waals surface area contributed by atoms with Crippen molar-refractivity contribution in [1.29, 1.82) is 5.41 Å². The summed E-state index contributed by atoms with van der Waals surface area (Å²) in [5.41, 5.74) is -0.138. The Morgan fingerprint density at radius 3 is 2.68 bits per heavy atom. The molecule has 2 aromatic rings. The van der Waals surface area contributed by atoms with E-state index in [1.807, 2.05) is 23.1 Å². The molecule has 28 heavy (non-hydrogen) atoms. The van der Waals surface area contributed by atoms with Crippen LogP contribution in [0.5, 0.6) is 5.75 Å². The van der Waals surface area contributed by atoms with E-state index in [1.165, 1.54) is 11.8 Å². The first-order chi connectivity index (χ1) is 13.3. The minimum Gasteiger partial charge on any atom is -0.495 e. The van der Waals surface area contributed by atoms with Crippen LogP contribution < -0.4 is 9.64 Å². The number of alkyl halides is 3. The predicted molar refractivity (Wildman–Crippen MR) is 106 cm³/mol. The molecule has 9 heteroatoms. The summed E-state index contributed by atoms with van der Waals surface area (Å²) in [5.74, 6) is 0.614. The number of thioether (sulfide) groups is 2. The third-order valence-electron chi connectivity index (χ3n) is 4.00. The van der Waals surface area contributed by atoms with Crippen LogP contribution in [0.2, 0.25) is 0 Å². The molecule has 0 amide bonds. The lowest BCUT2D eigenvalue weighted by Crippen LogP contribution is -2.18. The van der Waals surface area contributed by atoms with Crippen molar-refractivity contribution >= 4 is 35.4 Å². The summed E-state index contributed by atoms with van der Waals surface area (Å²) in [6.07, 6.45) is -3.52. The quantitative estimate of drug-likeness (QED) is 0.359. The van der Waals surface area contributed by atoms with Gasteiger partial charge in [-0.3, -0.25) is 0 Å². The molecule has 0 aliphatic carbocycles. The normalized spacial score (nSPS) is 16.2. The Kier molecular flexibility index (Phi) is 6.24. The van der Waals surface area contributed by atoms with Crippen LogP contribution in [0.3, 0.4) is 0 Å². The lowest BCUT2D eigenvalue weighted by molar-refractivity contribution is -0.137. The van der Waals surface area contributed by atoms with Gasteiger partial charge in [-0.15, -0.1) is 11.8 Å². The van der Waals surface area contributed by atoms with Gasteiger partial charge in [-0.25, -0.2) is 4.39 Å². The first-order valence-corrected chi connectivity index (χ1v) is 9.98. The number of halogens is 4. The van der Waals surface area contributed by atoms with Gasteiger partial charge in [0.15, 0.2) is 0 Å². The molecule has 0 saturated carbocycles. The molecule has 1 heterocycles. The maximum Gasteiger partial charge on any atom is 0.416 e. The fraction of sp³-hybridized carbons (Fsp3) is 0.211. The minimum atomic E-state index is -4.56. The van der Waals surface area contributed by atoms with Crippen LogP contribution >= 0.6 is 23.5 Å². The van der Waals surface area contributed by atoms with E-state index in [0.717, 1.165) is 41.5 Å². The number of hydrogen-bond donors (Lipinski definition) is 1. The highest BCUT2D eigenvalue weighted by molar-refractivity contribution is 8.07. The highest BCUT2D eigenvalue weighted by Crippen LogP contribution is 2.43. The van der Waals surface area contributed by atoms with E-state index in [4.69, 9.17) is 10.1 Å². The highest BCUT2D eigenvalue weighted by atomic mass is 32.2. The molecule has 1 fully saturated rings. The van der Waals surface area contributed by atoms with E-state index in [2.05, 4.69) is 0 Å². The Morgan fingerprint density at radius 2 is 2.00 bits per heavy atom. The zero-order chi connectivity index (χ0) is 20.3. The van der Waals surface area contributed by atoms with Gasteiger partial charge < -0.3 is 15.0 Å². The average molecular weight is 428 g/mol. The number of methoxy groups -OCH3 is 1. The van der Waals surface area contributed by atoms with Crippen molar-refractivity contribution in [1.82, 2.24) is 0 Å². The monoisotopic (exact) mass is 428 g/mol. The zero-order valence-corrected chi connectivity index (χ0v) is 16.3.